The molecule has 2 aliphatic rings. The van der Waals surface area contributed by atoms with Gasteiger partial charge in [0.15, 0.2) is 12.6 Å². The first-order chi connectivity index (χ1) is 13.7. The molecule has 10 N–H and O–H groups in total. The van der Waals surface area contributed by atoms with Crippen molar-refractivity contribution in [3.05, 3.63) is 0 Å². The highest BCUT2D eigenvalue weighted by molar-refractivity contribution is 4.90. The van der Waals surface area contributed by atoms with E-state index in [2.05, 4.69) is 0 Å². The third-order valence-electron chi connectivity index (χ3n) is 4.94. The summed E-state index contributed by atoms with van der Waals surface area (Å²) in [5.74, 6) is 0. The molecule has 2 heterocycles. The van der Waals surface area contributed by atoms with Gasteiger partial charge in [0.25, 0.3) is 0 Å². The third kappa shape index (κ3) is 6.01. The molecule has 0 saturated carbocycles. The molecular formula is C16H31NO12. The fourth-order valence-corrected chi connectivity index (χ4v) is 3.05. The van der Waals surface area contributed by atoms with Gasteiger partial charge < -0.3 is 65.5 Å². The van der Waals surface area contributed by atoms with Crippen LogP contribution in [-0.2, 0) is 18.9 Å². The average Bonchev–Trinajstić information content (AvgIpc) is 2.71. The standard InChI is InChI=1S/C16H31NO12/c17-6(5-27-16-14(25)12(23)10(21)8(4-19)29-16)1-2-26-15-13(24)11(22)9(20)7(3-18)28-15/h6-16,18-25H,1-5,17H2/t6?,7-,8-,9-,10-,11+,12+,13+,14+,15+,16+/m1/s1. The Morgan fingerprint density at radius 3 is 1.59 bits per heavy atom. The monoisotopic (exact) mass is 429 g/mol. The number of hydrogen-bond donors (Lipinski definition) is 9. The second-order valence-corrected chi connectivity index (χ2v) is 7.15. The van der Waals surface area contributed by atoms with Crippen LogP contribution in [0.1, 0.15) is 6.42 Å². The van der Waals surface area contributed by atoms with Gasteiger partial charge in [0, 0.05) is 6.04 Å². The van der Waals surface area contributed by atoms with Crippen LogP contribution in [-0.4, -0.2) is 135 Å². The van der Waals surface area contributed by atoms with Crippen LogP contribution < -0.4 is 5.73 Å². The van der Waals surface area contributed by atoms with E-state index in [1.165, 1.54) is 0 Å². The van der Waals surface area contributed by atoms with Crippen molar-refractivity contribution in [1.29, 1.82) is 0 Å². The molecule has 2 aliphatic heterocycles. The second kappa shape index (κ2) is 11.2. The molecule has 172 valence electrons. The fourth-order valence-electron chi connectivity index (χ4n) is 3.05. The van der Waals surface area contributed by atoms with Crippen LogP contribution in [0.4, 0.5) is 0 Å². The van der Waals surface area contributed by atoms with Gasteiger partial charge in [-0.3, -0.25) is 0 Å². The highest BCUT2D eigenvalue weighted by Crippen LogP contribution is 2.23. The van der Waals surface area contributed by atoms with Gasteiger partial charge in [-0.15, -0.1) is 0 Å². The minimum atomic E-state index is -1.56. The molecule has 13 nitrogen and oxygen atoms in total. The highest BCUT2D eigenvalue weighted by Gasteiger charge is 2.45. The van der Waals surface area contributed by atoms with Crippen molar-refractivity contribution in [3.8, 4) is 0 Å². The smallest absolute Gasteiger partial charge is 0.186 e. The van der Waals surface area contributed by atoms with Crippen molar-refractivity contribution in [2.24, 2.45) is 5.73 Å². The first kappa shape index (κ1) is 24.7. The van der Waals surface area contributed by atoms with E-state index in [0.717, 1.165) is 0 Å². The summed E-state index contributed by atoms with van der Waals surface area (Å²) in [6.07, 6.45) is -13.7. The number of rotatable bonds is 9. The molecule has 11 atom stereocenters. The summed E-state index contributed by atoms with van der Waals surface area (Å²) in [6.45, 7) is -1.30. The predicted molar refractivity (Wildman–Crippen MR) is 92.0 cm³/mol. The molecule has 2 saturated heterocycles. The molecular weight excluding hydrogens is 398 g/mol. The average molecular weight is 429 g/mol. The minimum absolute atomic E-state index is 0.0259. The second-order valence-electron chi connectivity index (χ2n) is 7.15. The summed E-state index contributed by atoms with van der Waals surface area (Å²) in [4.78, 5) is 0. The summed E-state index contributed by atoms with van der Waals surface area (Å²) in [5.41, 5.74) is 5.88. The maximum atomic E-state index is 9.89. The molecule has 0 aromatic rings. The normalized spacial score (nSPS) is 44.6. The van der Waals surface area contributed by atoms with Gasteiger partial charge in [0.05, 0.1) is 26.4 Å². The van der Waals surface area contributed by atoms with Crippen LogP contribution in [0.15, 0.2) is 0 Å². The summed E-state index contributed by atoms with van der Waals surface area (Å²) >= 11 is 0. The van der Waals surface area contributed by atoms with E-state index >= 15 is 0 Å². The van der Waals surface area contributed by atoms with Gasteiger partial charge in [0.1, 0.15) is 48.8 Å². The number of ether oxygens (including phenoxy) is 4. The lowest BCUT2D eigenvalue weighted by Gasteiger charge is -2.40. The fraction of sp³-hybridized carbons (Fsp3) is 1.00. The summed E-state index contributed by atoms with van der Waals surface area (Å²) in [6, 6.07) is -0.618. The third-order valence-corrected chi connectivity index (χ3v) is 4.94. The summed E-state index contributed by atoms with van der Waals surface area (Å²) in [5, 5.41) is 76.9. The summed E-state index contributed by atoms with van der Waals surface area (Å²) in [7, 11) is 0. The predicted octanol–water partition coefficient (Wildman–Crippen LogP) is -5.66. The zero-order valence-corrected chi connectivity index (χ0v) is 15.7. The lowest BCUT2D eigenvalue weighted by Crippen LogP contribution is -2.59. The largest absolute Gasteiger partial charge is 0.394 e. The Bertz CT molecular complexity index is 483. The van der Waals surface area contributed by atoms with E-state index in [0.29, 0.717) is 0 Å². The van der Waals surface area contributed by atoms with Crippen LogP contribution in [0.25, 0.3) is 0 Å². The Kier molecular flexibility index (Phi) is 9.56. The van der Waals surface area contributed by atoms with E-state index in [9.17, 15) is 30.6 Å². The van der Waals surface area contributed by atoms with Crippen molar-refractivity contribution in [1.82, 2.24) is 0 Å². The maximum absolute atomic E-state index is 9.89. The van der Waals surface area contributed by atoms with Gasteiger partial charge in [-0.1, -0.05) is 0 Å². The van der Waals surface area contributed by atoms with E-state index in [-0.39, 0.29) is 19.6 Å². The number of nitrogens with two attached hydrogens (primary N) is 1. The SMILES string of the molecule is NC(CCO[C@H]1O[C@H](CO)[C@@H](O)[C@H](O)[C@@H]1O)CO[C@H]1O[C@H](CO)[C@@H](O)[C@H](O)[C@@H]1O. The molecule has 0 radical (unpaired) electrons. The van der Waals surface area contributed by atoms with Crippen LogP contribution >= 0.6 is 0 Å². The number of aliphatic hydroxyl groups is 8. The molecule has 13 heteroatoms. The Morgan fingerprint density at radius 2 is 1.14 bits per heavy atom. The Morgan fingerprint density at radius 1 is 0.690 bits per heavy atom. The van der Waals surface area contributed by atoms with Crippen molar-refractivity contribution in [3.63, 3.8) is 0 Å². The van der Waals surface area contributed by atoms with Gasteiger partial charge in [-0.05, 0) is 6.42 Å². The number of aliphatic hydroxyl groups excluding tert-OH is 8. The molecule has 1 unspecified atom stereocenters. The lowest BCUT2D eigenvalue weighted by molar-refractivity contribution is -0.304. The van der Waals surface area contributed by atoms with Crippen LogP contribution in [0.5, 0.6) is 0 Å². The van der Waals surface area contributed by atoms with E-state index in [1.54, 1.807) is 0 Å². The summed E-state index contributed by atoms with van der Waals surface area (Å²) < 4.78 is 21.0. The Balaban J connectivity index is 1.74. The molecule has 0 bridgehead atoms. The van der Waals surface area contributed by atoms with Crippen molar-refractivity contribution in [2.75, 3.05) is 26.4 Å². The molecule has 0 spiro atoms. The van der Waals surface area contributed by atoms with E-state index in [4.69, 9.17) is 34.9 Å². The molecule has 0 aromatic heterocycles. The molecule has 2 rings (SSSR count). The van der Waals surface area contributed by atoms with Crippen LogP contribution in [0.3, 0.4) is 0 Å². The van der Waals surface area contributed by atoms with Crippen molar-refractivity contribution in [2.45, 2.75) is 73.9 Å². The molecule has 29 heavy (non-hydrogen) atoms. The zero-order chi connectivity index (χ0) is 21.7. The first-order valence-corrected chi connectivity index (χ1v) is 9.31. The first-order valence-electron chi connectivity index (χ1n) is 9.31. The Labute approximate surface area is 166 Å². The van der Waals surface area contributed by atoms with Gasteiger partial charge in [-0.25, -0.2) is 0 Å². The van der Waals surface area contributed by atoms with Crippen LogP contribution in [0, 0.1) is 0 Å². The van der Waals surface area contributed by atoms with E-state index < -0.39 is 80.7 Å². The topological polar surface area (TPSA) is 225 Å². The quantitative estimate of drug-likeness (QED) is 0.167. The van der Waals surface area contributed by atoms with Gasteiger partial charge >= 0.3 is 0 Å². The zero-order valence-electron chi connectivity index (χ0n) is 15.7. The number of hydrogen-bond acceptors (Lipinski definition) is 13. The van der Waals surface area contributed by atoms with Crippen LogP contribution in [0.2, 0.25) is 0 Å². The van der Waals surface area contributed by atoms with E-state index in [1.807, 2.05) is 0 Å². The molecule has 0 aromatic carbocycles. The molecule has 0 amide bonds. The Hall–Kier alpha value is -0.520. The molecule has 0 aliphatic carbocycles. The highest BCUT2D eigenvalue weighted by atomic mass is 16.7. The lowest BCUT2D eigenvalue weighted by atomic mass is 9.99. The maximum Gasteiger partial charge on any atom is 0.186 e. The van der Waals surface area contributed by atoms with Gasteiger partial charge in [0.2, 0.25) is 0 Å². The van der Waals surface area contributed by atoms with Crippen molar-refractivity contribution < 1.29 is 59.8 Å². The minimum Gasteiger partial charge on any atom is -0.394 e. The van der Waals surface area contributed by atoms with Gasteiger partial charge in [-0.2, -0.15) is 0 Å². The molecule has 2 fully saturated rings. The van der Waals surface area contributed by atoms with Crippen molar-refractivity contribution >= 4 is 0 Å².